The number of rotatable bonds is 5. The van der Waals surface area contributed by atoms with E-state index in [1.165, 1.54) is 0 Å². The summed E-state index contributed by atoms with van der Waals surface area (Å²) in [5, 5.41) is 4.22. The van der Waals surface area contributed by atoms with Crippen molar-refractivity contribution >= 4 is 15.7 Å². The van der Waals surface area contributed by atoms with E-state index in [-0.39, 0.29) is 4.90 Å². The summed E-state index contributed by atoms with van der Waals surface area (Å²) in [6, 6.07) is 7.05. The Kier molecular flexibility index (Phi) is 4.60. The number of aryl methyl sites for hydroxylation is 2. The van der Waals surface area contributed by atoms with Crippen molar-refractivity contribution in [3.8, 4) is 0 Å². The maximum atomic E-state index is 12.5. The van der Waals surface area contributed by atoms with Gasteiger partial charge >= 0.3 is 0 Å². The number of anilines is 1. The summed E-state index contributed by atoms with van der Waals surface area (Å²) in [7, 11) is -1.80. The van der Waals surface area contributed by atoms with Crippen LogP contribution >= 0.6 is 0 Å². The van der Waals surface area contributed by atoms with E-state index in [0.29, 0.717) is 17.3 Å². The van der Waals surface area contributed by atoms with Gasteiger partial charge in [0.2, 0.25) is 0 Å². The maximum absolute atomic E-state index is 12.5. The molecule has 6 heteroatoms. The van der Waals surface area contributed by atoms with Crippen molar-refractivity contribution in [1.82, 2.24) is 9.78 Å². The molecule has 0 atom stereocenters. The topological polar surface area (TPSA) is 64.0 Å². The number of sulfonamides is 1. The summed E-state index contributed by atoms with van der Waals surface area (Å²) in [6.07, 6.45) is 0.939. The number of benzene rings is 1. The van der Waals surface area contributed by atoms with Crippen LogP contribution in [0.5, 0.6) is 0 Å². The zero-order valence-corrected chi connectivity index (χ0v) is 14.5. The normalized spacial score (nSPS) is 11.9. The second-order valence-electron chi connectivity index (χ2n) is 6.02. The molecule has 1 aromatic carbocycles. The van der Waals surface area contributed by atoms with E-state index in [9.17, 15) is 8.42 Å². The Bertz CT molecular complexity index is 759. The number of aromatic nitrogens is 2. The van der Waals surface area contributed by atoms with E-state index in [1.807, 2.05) is 19.1 Å². The van der Waals surface area contributed by atoms with Gasteiger partial charge in [0, 0.05) is 7.05 Å². The largest absolute Gasteiger partial charge is 0.276 e. The van der Waals surface area contributed by atoms with Gasteiger partial charge in [-0.1, -0.05) is 26.0 Å². The first-order chi connectivity index (χ1) is 10.2. The summed E-state index contributed by atoms with van der Waals surface area (Å²) in [4.78, 5) is 0.266. The number of hydrogen-bond acceptors (Lipinski definition) is 3. The fourth-order valence-electron chi connectivity index (χ4n) is 2.39. The van der Waals surface area contributed by atoms with Gasteiger partial charge in [-0.05, 0) is 43.9 Å². The third-order valence-corrected chi connectivity index (χ3v) is 4.99. The van der Waals surface area contributed by atoms with E-state index < -0.39 is 10.0 Å². The lowest BCUT2D eigenvalue weighted by atomic mass is 10.0. The van der Waals surface area contributed by atoms with Gasteiger partial charge in [-0.3, -0.25) is 9.40 Å². The van der Waals surface area contributed by atoms with E-state index in [4.69, 9.17) is 0 Å². The summed E-state index contributed by atoms with van der Waals surface area (Å²) in [6.45, 7) is 7.90. The lowest BCUT2D eigenvalue weighted by Gasteiger charge is -2.10. The van der Waals surface area contributed by atoms with Gasteiger partial charge in [-0.25, -0.2) is 8.42 Å². The molecule has 0 radical (unpaired) electrons. The highest BCUT2D eigenvalue weighted by atomic mass is 32.2. The highest BCUT2D eigenvalue weighted by Crippen LogP contribution is 2.23. The number of hydrogen-bond donors (Lipinski definition) is 1. The molecule has 120 valence electrons. The molecule has 2 aromatic rings. The van der Waals surface area contributed by atoms with Gasteiger partial charge in [-0.15, -0.1) is 0 Å². The van der Waals surface area contributed by atoms with Gasteiger partial charge in [0.25, 0.3) is 10.0 Å². The Morgan fingerprint density at radius 2 is 1.77 bits per heavy atom. The van der Waals surface area contributed by atoms with Crippen LogP contribution in [0, 0.1) is 19.8 Å². The minimum Gasteiger partial charge on any atom is -0.276 e. The first-order valence-corrected chi connectivity index (χ1v) is 8.81. The van der Waals surface area contributed by atoms with Crippen molar-refractivity contribution in [1.29, 1.82) is 0 Å². The Hall–Kier alpha value is -1.82. The van der Waals surface area contributed by atoms with E-state index in [2.05, 4.69) is 23.7 Å². The molecule has 0 amide bonds. The minimum atomic E-state index is -3.59. The predicted molar refractivity (Wildman–Crippen MR) is 88.5 cm³/mol. The van der Waals surface area contributed by atoms with E-state index in [1.54, 1.807) is 30.8 Å². The van der Waals surface area contributed by atoms with Gasteiger partial charge < -0.3 is 0 Å². The Balaban J connectivity index is 2.27. The third kappa shape index (κ3) is 3.50. The van der Waals surface area contributed by atoms with Crippen molar-refractivity contribution in [3.63, 3.8) is 0 Å². The molecule has 0 aliphatic rings. The molecule has 1 N–H and O–H groups in total. The first-order valence-electron chi connectivity index (χ1n) is 7.32. The van der Waals surface area contributed by atoms with Crippen LogP contribution in [0.25, 0.3) is 0 Å². The Morgan fingerprint density at radius 3 is 2.23 bits per heavy atom. The molecule has 0 saturated carbocycles. The van der Waals surface area contributed by atoms with Crippen LogP contribution in [0.1, 0.15) is 30.8 Å². The fraction of sp³-hybridized carbons (Fsp3) is 0.438. The van der Waals surface area contributed by atoms with E-state index >= 15 is 0 Å². The van der Waals surface area contributed by atoms with Crippen molar-refractivity contribution < 1.29 is 8.42 Å². The maximum Gasteiger partial charge on any atom is 0.262 e. The zero-order valence-electron chi connectivity index (χ0n) is 13.7. The molecular formula is C16H23N3O2S. The van der Waals surface area contributed by atoms with Gasteiger partial charge in [0.1, 0.15) is 0 Å². The molecule has 1 heterocycles. The first kappa shape index (κ1) is 16.5. The van der Waals surface area contributed by atoms with Crippen LogP contribution in [0.15, 0.2) is 29.2 Å². The van der Waals surface area contributed by atoms with Gasteiger partial charge in [0.05, 0.1) is 22.0 Å². The SMILES string of the molecule is Cc1nn(C)c(C)c1NS(=O)(=O)c1ccc(CC(C)C)cc1. The molecular weight excluding hydrogens is 298 g/mol. The highest BCUT2D eigenvalue weighted by Gasteiger charge is 2.19. The Morgan fingerprint density at radius 1 is 1.18 bits per heavy atom. The van der Waals surface area contributed by atoms with Gasteiger partial charge in [-0.2, -0.15) is 5.10 Å². The molecule has 1 aromatic heterocycles. The standard InChI is InChI=1S/C16H23N3O2S/c1-11(2)10-14-6-8-15(9-7-14)22(20,21)18-16-12(3)17-19(5)13(16)4/h6-9,11,18H,10H2,1-5H3. The summed E-state index contributed by atoms with van der Waals surface area (Å²) >= 11 is 0. The third-order valence-electron chi connectivity index (χ3n) is 3.62. The van der Waals surface area contributed by atoms with Crippen molar-refractivity contribution in [3.05, 3.63) is 41.2 Å². The lowest BCUT2D eigenvalue weighted by Crippen LogP contribution is -2.14. The van der Waals surface area contributed by atoms with Crippen molar-refractivity contribution in [2.75, 3.05) is 4.72 Å². The van der Waals surface area contributed by atoms with Crippen LogP contribution in [0.4, 0.5) is 5.69 Å². The summed E-state index contributed by atoms with van der Waals surface area (Å²) in [5.41, 5.74) is 3.15. The number of nitrogens with one attached hydrogen (secondary N) is 1. The number of nitrogens with zero attached hydrogens (tertiary/aromatic N) is 2. The molecule has 0 bridgehead atoms. The second-order valence-corrected chi connectivity index (χ2v) is 7.70. The molecule has 0 saturated heterocycles. The monoisotopic (exact) mass is 321 g/mol. The van der Waals surface area contributed by atoms with Crippen molar-refractivity contribution in [2.45, 2.75) is 39.0 Å². The van der Waals surface area contributed by atoms with Crippen LogP contribution in [-0.4, -0.2) is 18.2 Å². The van der Waals surface area contributed by atoms with Crippen LogP contribution < -0.4 is 4.72 Å². The molecule has 0 spiro atoms. The van der Waals surface area contributed by atoms with Gasteiger partial charge in [0.15, 0.2) is 0 Å². The average Bonchev–Trinajstić information content (AvgIpc) is 2.65. The van der Waals surface area contributed by atoms with Crippen LogP contribution in [0.2, 0.25) is 0 Å². The highest BCUT2D eigenvalue weighted by molar-refractivity contribution is 7.92. The predicted octanol–water partition coefficient (Wildman–Crippen LogP) is 3.04. The molecule has 5 nitrogen and oxygen atoms in total. The average molecular weight is 321 g/mol. The van der Waals surface area contributed by atoms with Crippen molar-refractivity contribution in [2.24, 2.45) is 13.0 Å². The Labute approximate surface area is 132 Å². The molecule has 2 rings (SSSR count). The summed E-state index contributed by atoms with van der Waals surface area (Å²) < 4.78 is 29.3. The second kappa shape index (κ2) is 6.12. The smallest absolute Gasteiger partial charge is 0.262 e. The molecule has 0 aliphatic heterocycles. The summed E-state index contributed by atoms with van der Waals surface area (Å²) in [5.74, 6) is 0.543. The molecule has 0 fully saturated rings. The quantitative estimate of drug-likeness (QED) is 0.920. The molecule has 0 unspecified atom stereocenters. The minimum absolute atomic E-state index is 0.266. The lowest BCUT2D eigenvalue weighted by molar-refractivity contribution is 0.601. The molecule has 0 aliphatic carbocycles. The van der Waals surface area contributed by atoms with Crippen LogP contribution in [0.3, 0.4) is 0 Å². The zero-order chi connectivity index (χ0) is 16.5. The molecule has 22 heavy (non-hydrogen) atoms. The van der Waals surface area contributed by atoms with Crippen LogP contribution in [-0.2, 0) is 23.5 Å². The fourth-order valence-corrected chi connectivity index (χ4v) is 3.57. The van der Waals surface area contributed by atoms with E-state index in [0.717, 1.165) is 17.7 Å².